The Labute approximate surface area is 222 Å². The monoisotopic (exact) mass is 553 g/mol. The summed E-state index contributed by atoms with van der Waals surface area (Å²) >= 11 is 17.3. The molecule has 200 valence electrons. The van der Waals surface area contributed by atoms with Gasteiger partial charge in [0, 0.05) is 12.6 Å². The average Bonchev–Trinajstić information content (AvgIpc) is 3.09. The SMILES string of the molecule is CCOC1C[C@@]2(C)C(CC[C@@H]3[C@H]2C(NC(=O)OCC(Cl)(Cl)Cl)C[C@]2(C)C(C(=O)O)CC[C@@H]32)CC1O. The van der Waals surface area contributed by atoms with E-state index in [1.807, 2.05) is 6.92 Å². The van der Waals surface area contributed by atoms with Gasteiger partial charge in [-0.25, -0.2) is 4.79 Å². The van der Waals surface area contributed by atoms with E-state index in [4.69, 9.17) is 44.3 Å². The zero-order valence-electron chi connectivity index (χ0n) is 20.6. The molecule has 10 atom stereocenters. The Morgan fingerprint density at radius 3 is 2.43 bits per heavy atom. The van der Waals surface area contributed by atoms with Crippen LogP contribution < -0.4 is 5.32 Å². The molecule has 0 aromatic rings. The van der Waals surface area contributed by atoms with Crippen molar-refractivity contribution in [3.8, 4) is 0 Å². The van der Waals surface area contributed by atoms with Crippen LogP contribution in [0.3, 0.4) is 0 Å². The fourth-order valence-corrected chi connectivity index (χ4v) is 8.87. The number of carboxylic acids is 1. The van der Waals surface area contributed by atoms with Crippen molar-refractivity contribution in [1.29, 1.82) is 0 Å². The summed E-state index contributed by atoms with van der Waals surface area (Å²) in [6, 6.07) is -0.283. The van der Waals surface area contributed by atoms with Gasteiger partial charge in [-0.2, -0.15) is 0 Å². The lowest BCUT2D eigenvalue weighted by Gasteiger charge is -2.63. The maximum Gasteiger partial charge on any atom is 0.407 e. The number of aliphatic hydroxyl groups is 1. The molecule has 0 aliphatic heterocycles. The van der Waals surface area contributed by atoms with Crippen LogP contribution in [0.5, 0.6) is 0 Å². The van der Waals surface area contributed by atoms with Crippen molar-refractivity contribution in [1.82, 2.24) is 5.32 Å². The minimum absolute atomic E-state index is 0.114. The van der Waals surface area contributed by atoms with Gasteiger partial charge in [0.05, 0.1) is 18.1 Å². The number of carbonyl (C=O) groups excluding carboxylic acids is 1. The van der Waals surface area contributed by atoms with Gasteiger partial charge in [-0.3, -0.25) is 4.79 Å². The van der Waals surface area contributed by atoms with Gasteiger partial charge in [-0.05, 0) is 86.4 Å². The fraction of sp³-hybridized carbons (Fsp3) is 0.920. The second-order valence-electron chi connectivity index (χ2n) is 11.7. The molecular formula is C25H38Cl3NO6. The van der Waals surface area contributed by atoms with E-state index in [0.717, 1.165) is 19.3 Å². The van der Waals surface area contributed by atoms with Gasteiger partial charge < -0.3 is 25.0 Å². The van der Waals surface area contributed by atoms with Crippen molar-refractivity contribution in [2.75, 3.05) is 13.2 Å². The van der Waals surface area contributed by atoms with Gasteiger partial charge in [-0.15, -0.1) is 0 Å². The Hall–Kier alpha value is -0.470. The van der Waals surface area contributed by atoms with Crippen LogP contribution in [-0.4, -0.2) is 57.5 Å². The Morgan fingerprint density at radius 2 is 1.80 bits per heavy atom. The summed E-state index contributed by atoms with van der Waals surface area (Å²) in [5.41, 5.74) is -0.589. The first-order valence-electron chi connectivity index (χ1n) is 12.8. The number of rotatable bonds is 5. The number of fused-ring (bicyclic) bond motifs is 5. The van der Waals surface area contributed by atoms with Crippen molar-refractivity contribution in [3.63, 3.8) is 0 Å². The quantitative estimate of drug-likeness (QED) is 0.405. The Bertz CT molecular complexity index is 824. The lowest BCUT2D eigenvalue weighted by Crippen LogP contribution is -2.64. The van der Waals surface area contributed by atoms with Gasteiger partial charge in [-0.1, -0.05) is 48.7 Å². The van der Waals surface area contributed by atoms with Crippen molar-refractivity contribution < 1.29 is 29.3 Å². The normalized spacial score (nSPS) is 45.1. The summed E-state index contributed by atoms with van der Waals surface area (Å²) in [6.07, 6.45) is 4.03. The molecule has 0 radical (unpaired) electrons. The van der Waals surface area contributed by atoms with Gasteiger partial charge in [0.2, 0.25) is 3.79 Å². The minimum Gasteiger partial charge on any atom is -0.481 e. The summed E-state index contributed by atoms with van der Waals surface area (Å²) in [5, 5.41) is 23.9. The minimum atomic E-state index is -1.71. The molecule has 4 aliphatic carbocycles. The predicted molar refractivity (Wildman–Crippen MR) is 134 cm³/mol. The molecule has 0 aromatic heterocycles. The molecule has 0 aromatic carbocycles. The Kier molecular flexibility index (Phi) is 7.88. The Morgan fingerprint density at radius 1 is 1.09 bits per heavy atom. The molecule has 0 bridgehead atoms. The zero-order chi connectivity index (χ0) is 25.8. The number of halogens is 3. The average molecular weight is 555 g/mol. The third-order valence-corrected chi connectivity index (χ3v) is 10.3. The summed E-state index contributed by atoms with van der Waals surface area (Å²) in [4.78, 5) is 25.0. The number of ether oxygens (including phenoxy) is 2. The van der Waals surface area contributed by atoms with E-state index in [2.05, 4.69) is 19.2 Å². The van der Waals surface area contributed by atoms with Gasteiger partial charge >= 0.3 is 12.1 Å². The highest BCUT2D eigenvalue weighted by Crippen LogP contribution is 2.67. The van der Waals surface area contributed by atoms with Crippen molar-refractivity contribution in [2.24, 2.45) is 40.4 Å². The lowest BCUT2D eigenvalue weighted by molar-refractivity contribution is -0.181. The van der Waals surface area contributed by atoms with Crippen LogP contribution in [0.4, 0.5) is 4.79 Å². The molecular weight excluding hydrogens is 517 g/mol. The van der Waals surface area contributed by atoms with E-state index in [-0.39, 0.29) is 41.9 Å². The Balaban J connectivity index is 1.67. The number of alkyl halides is 3. The maximum atomic E-state index is 12.8. The molecule has 7 nitrogen and oxygen atoms in total. The van der Waals surface area contributed by atoms with Gasteiger partial charge in [0.1, 0.15) is 6.61 Å². The molecule has 5 unspecified atom stereocenters. The highest BCUT2D eigenvalue weighted by atomic mass is 35.6. The molecule has 4 rings (SSSR count). The molecule has 35 heavy (non-hydrogen) atoms. The van der Waals surface area contributed by atoms with E-state index >= 15 is 0 Å². The molecule has 1 amide bonds. The first-order valence-corrected chi connectivity index (χ1v) is 14.0. The smallest absolute Gasteiger partial charge is 0.407 e. The number of aliphatic carboxylic acids is 1. The molecule has 4 aliphatic rings. The van der Waals surface area contributed by atoms with E-state index < -0.39 is 33.3 Å². The van der Waals surface area contributed by atoms with Crippen LogP contribution in [0.2, 0.25) is 0 Å². The van der Waals surface area contributed by atoms with Crippen LogP contribution in [0.15, 0.2) is 0 Å². The van der Waals surface area contributed by atoms with Crippen LogP contribution in [-0.2, 0) is 14.3 Å². The van der Waals surface area contributed by atoms with Crippen LogP contribution in [0.25, 0.3) is 0 Å². The number of carbonyl (C=O) groups is 2. The molecule has 10 heteroatoms. The second-order valence-corrected chi connectivity index (χ2v) is 14.2. The topological polar surface area (TPSA) is 105 Å². The maximum absolute atomic E-state index is 12.8. The number of aliphatic hydroxyl groups excluding tert-OH is 1. The highest BCUT2D eigenvalue weighted by Gasteiger charge is 2.65. The number of hydrogen-bond acceptors (Lipinski definition) is 5. The molecule has 0 saturated heterocycles. The standard InChI is InChI=1S/C25H38Cl3NO6/c1-4-34-19-11-23(2)13(9-18(19)30)5-6-14-15-7-8-16(21(31)32)24(15,3)10-17(20(14)23)29-22(33)35-12-25(26,27)28/h13-20,30H,4-12H2,1-3H3,(H,29,33)(H,31,32)/t13?,14-,15-,16?,17?,18?,19?,20-,23-,24-/m0/s1. The lowest BCUT2D eigenvalue weighted by atomic mass is 9.43. The van der Waals surface area contributed by atoms with Crippen molar-refractivity contribution in [2.45, 2.75) is 87.8 Å². The van der Waals surface area contributed by atoms with E-state index in [9.17, 15) is 19.8 Å². The van der Waals surface area contributed by atoms with Crippen LogP contribution >= 0.6 is 34.8 Å². The zero-order valence-corrected chi connectivity index (χ0v) is 22.9. The summed E-state index contributed by atoms with van der Waals surface area (Å²) in [7, 11) is 0. The number of alkyl carbamates (subject to hydrolysis) is 1. The number of amides is 1. The van der Waals surface area contributed by atoms with Crippen molar-refractivity contribution >= 4 is 46.9 Å². The van der Waals surface area contributed by atoms with Crippen molar-refractivity contribution in [3.05, 3.63) is 0 Å². The van der Waals surface area contributed by atoms with E-state index in [0.29, 0.717) is 38.2 Å². The molecule has 4 saturated carbocycles. The summed E-state index contributed by atoms with van der Waals surface area (Å²) in [5.74, 6) is -0.233. The van der Waals surface area contributed by atoms with Gasteiger partial charge in [0.15, 0.2) is 0 Å². The number of nitrogens with one attached hydrogen (secondary N) is 1. The van der Waals surface area contributed by atoms with E-state index in [1.54, 1.807) is 0 Å². The molecule has 4 fully saturated rings. The first kappa shape index (κ1) is 27.6. The van der Waals surface area contributed by atoms with Gasteiger partial charge in [0.25, 0.3) is 0 Å². The van der Waals surface area contributed by atoms with E-state index in [1.165, 1.54) is 0 Å². The molecule has 0 heterocycles. The predicted octanol–water partition coefficient (Wildman–Crippen LogP) is 5.18. The summed E-state index contributed by atoms with van der Waals surface area (Å²) in [6.45, 7) is 6.46. The third-order valence-electron chi connectivity index (χ3n) is 9.97. The molecule has 3 N–H and O–H groups in total. The van der Waals surface area contributed by atoms with Crippen LogP contribution in [0.1, 0.15) is 65.7 Å². The fourth-order valence-electron chi connectivity index (χ4n) is 8.71. The summed E-state index contributed by atoms with van der Waals surface area (Å²) < 4.78 is 9.47. The first-order chi connectivity index (χ1) is 16.3. The number of hydrogen-bond donors (Lipinski definition) is 3. The second kappa shape index (κ2) is 10.0. The highest BCUT2D eigenvalue weighted by molar-refractivity contribution is 6.67. The third kappa shape index (κ3) is 5.14. The number of carboxylic acid groups (broad SMARTS) is 1. The molecule has 0 spiro atoms. The largest absolute Gasteiger partial charge is 0.481 e. The van der Waals surface area contributed by atoms with Crippen LogP contribution in [0, 0.1) is 40.4 Å².